The molecule has 4 bridgehead atoms. The van der Waals surface area contributed by atoms with Gasteiger partial charge >= 0.3 is 0 Å². The zero-order chi connectivity index (χ0) is 17.0. The molecule has 0 radical (unpaired) electrons. The largest absolute Gasteiger partial charge is 0.492 e. The van der Waals surface area contributed by atoms with Gasteiger partial charge < -0.3 is 10.1 Å². The Balaban J connectivity index is 1.27. The highest BCUT2D eigenvalue weighted by Crippen LogP contribution is 2.61. The standard InChI is InChI=1S/C22H29NO2/c1-14(22-10-15-6-16(11-22)8-17(7-15)12-22)23-21(24)19-9-18-4-2-3-5-20(18)25-13-19/h2-5,14-17,19H,6-13H2,1H3,(H,23,24)/t14-,15?,16?,17?,19+,22?/m1/s1. The summed E-state index contributed by atoms with van der Waals surface area (Å²) in [6.45, 7) is 2.78. The number of nitrogens with one attached hydrogen (secondary N) is 1. The van der Waals surface area contributed by atoms with Crippen molar-refractivity contribution in [1.82, 2.24) is 5.32 Å². The third-order valence-electron chi connectivity index (χ3n) is 7.61. The van der Waals surface area contributed by atoms with Gasteiger partial charge in [0, 0.05) is 6.04 Å². The minimum Gasteiger partial charge on any atom is -0.492 e. The van der Waals surface area contributed by atoms with Crippen molar-refractivity contribution < 1.29 is 9.53 Å². The summed E-state index contributed by atoms with van der Waals surface area (Å²) in [5, 5.41) is 3.42. The van der Waals surface area contributed by atoms with Gasteiger partial charge in [0.1, 0.15) is 12.4 Å². The first-order valence-electron chi connectivity index (χ1n) is 10.1. The molecule has 1 aliphatic heterocycles. The van der Waals surface area contributed by atoms with Crippen molar-refractivity contribution in [2.75, 3.05) is 6.61 Å². The highest BCUT2D eigenvalue weighted by Gasteiger charge is 2.53. The number of carbonyl (C=O) groups excluding carboxylic acids is 1. The van der Waals surface area contributed by atoms with Gasteiger partial charge in [0.05, 0.1) is 5.92 Å². The van der Waals surface area contributed by atoms with E-state index >= 15 is 0 Å². The smallest absolute Gasteiger partial charge is 0.227 e. The first kappa shape index (κ1) is 15.7. The lowest BCUT2D eigenvalue weighted by Crippen LogP contribution is -2.56. The molecule has 0 spiro atoms. The lowest BCUT2D eigenvalue weighted by Gasteiger charge is -2.59. The molecule has 5 aliphatic rings. The third-order valence-corrected chi connectivity index (χ3v) is 7.61. The Bertz CT molecular complexity index is 647. The van der Waals surface area contributed by atoms with E-state index < -0.39 is 0 Å². The summed E-state index contributed by atoms with van der Waals surface area (Å²) in [5.41, 5.74) is 1.54. The van der Waals surface area contributed by atoms with Crippen molar-refractivity contribution in [3.05, 3.63) is 29.8 Å². The van der Waals surface area contributed by atoms with E-state index in [2.05, 4.69) is 18.3 Å². The van der Waals surface area contributed by atoms with Crippen LogP contribution in [0.25, 0.3) is 0 Å². The molecule has 0 unspecified atom stereocenters. The summed E-state index contributed by atoms with van der Waals surface area (Å²) in [4.78, 5) is 12.9. The zero-order valence-electron chi connectivity index (χ0n) is 15.2. The fourth-order valence-corrected chi connectivity index (χ4v) is 6.69. The van der Waals surface area contributed by atoms with Gasteiger partial charge in [0.15, 0.2) is 0 Å². The molecular weight excluding hydrogens is 310 g/mol. The quantitative estimate of drug-likeness (QED) is 0.905. The number of carbonyl (C=O) groups is 1. The van der Waals surface area contributed by atoms with E-state index in [4.69, 9.17) is 4.74 Å². The van der Waals surface area contributed by atoms with Crippen LogP contribution >= 0.6 is 0 Å². The maximum Gasteiger partial charge on any atom is 0.227 e. The second kappa shape index (κ2) is 5.75. The van der Waals surface area contributed by atoms with E-state index in [9.17, 15) is 4.79 Å². The minimum atomic E-state index is -0.0498. The predicted molar refractivity (Wildman–Crippen MR) is 97.3 cm³/mol. The van der Waals surface area contributed by atoms with Crippen LogP contribution in [0.4, 0.5) is 0 Å². The van der Waals surface area contributed by atoms with Gasteiger partial charge in [-0.2, -0.15) is 0 Å². The SMILES string of the molecule is C[C@@H](NC(=O)[C@@H]1COc2ccccc2C1)C12CC3CC(CC(C3)C1)C2. The molecule has 1 aromatic carbocycles. The molecule has 1 heterocycles. The predicted octanol–water partition coefficient (Wildman–Crippen LogP) is 3.96. The monoisotopic (exact) mass is 339 g/mol. The molecular formula is C22H29NO2. The molecule has 6 rings (SSSR count). The van der Waals surface area contributed by atoms with E-state index in [1.54, 1.807) is 0 Å². The summed E-state index contributed by atoms with van der Waals surface area (Å²) in [6, 6.07) is 8.40. The van der Waals surface area contributed by atoms with Crippen molar-refractivity contribution in [1.29, 1.82) is 0 Å². The van der Waals surface area contributed by atoms with Crippen LogP contribution in [-0.4, -0.2) is 18.6 Å². The number of amides is 1. The van der Waals surface area contributed by atoms with Crippen molar-refractivity contribution in [2.24, 2.45) is 29.1 Å². The number of rotatable bonds is 3. The average molecular weight is 339 g/mol. The summed E-state index contributed by atoms with van der Waals surface area (Å²) < 4.78 is 5.83. The van der Waals surface area contributed by atoms with Crippen molar-refractivity contribution >= 4 is 5.91 Å². The van der Waals surface area contributed by atoms with E-state index in [1.807, 2.05) is 18.2 Å². The van der Waals surface area contributed by atoms with Crippen LogP contribution in [0.5, 0.6) is 5.75 Å². The van der Waals surface area contributed by atoms with Crippen LogP contribution in [0.2, 0.25) is 0 Å². The maximum atomic E-state index is 12.9. The van der Waals surface area contributed by atoms with Crippen LogP contribution in [0, 0.1) is 29.1 Å². The fraction of sp³-hybridized carbons (Fsp3) is 0.682. The second-order valence-corrected chi connectivity index (χ2v) is 9.33. The summed E-state index contributed by atoms with van der Waals surface area (Å²) in [6.07, 6.45) is 9.17. The molecule has 0 saturated heterocycles. The molecule has 1 aromatic rings. The molecule has 1 amide bonds. The number of hydrogen-bond acceptors (Lipinski definition) is 2. The van der Waals surface area contributed by atoms with Gasteiger partial charge in [-0.3, -0.25) is 4.79 Å². The molecule has 134 valence electrons. The minimum absolute atomic E-state index is 0.0498. The number of ether oxygens (including phenoxy) is 1. The second-order valence-electron chi connectivity index (χ2n) is 9.33. The summed E-state index contributed by atoms with van der Waals surface area (Å²) >= 11 is 0. The highest BCUT2D eigenvalue weighted by molar-refractivity contribution is 5.80. The molecule has 2 atom stereocenters. The topological polar surface area (TPSA) is 38.3 Å². The number of hydrogen-bond donors (Lipinski definition) is 1. The first-order chi connectivity index (χ1) is 12.1. The van der Waals surface area contributed by atoms with E-state index in [1.165, 1.54) is 38.5 Å². The molecule has 4 fully saturated rings. The average Bonchev–Trinajstić information content (AvgIpc) is 2.60. The van der Waals surface area contributed by atoms with Crippen LogP contribution in [0.15, 0.2) is 24.3 Å². The summed E-state index contributed by atoms with van der Waals surface area (Å²) in [5.74, 6) is 3.87. The third kappa shape index (κ3) is 2.67. The normalized spacial score (nSPS) is 39.4. The van der Waals surface area contributed by atoms with Gasteiger partial charge in [-0.05, 0) is 86.7 Å². The molecule has 4 aliphatic carbocycles. The van der Waals surface area contributed by atoms with Crippen LogP contribution < -0.4 is 10.1 Å². The molecule has 1 N–H and O–H groups in total. The zero-order valence-corrected chi connectivity index (χ0v) is 15.2. The molecule has 0 aromatic heterocycles. The van der Waals surface area contributed by atoms with E-state index in [0.29, 0.717) is 18.1 Å². The number of fused-ring (bicyclic) bond motifs is 1. The Labute approximate surface area is 150 Å². The van der Waals surface area contributed by atoms with Crippen molar-refractivity contribution in [2.45, 2.75) is 57.9 Å². The molecule has 4 saturated carbocycles. The fourth-order valence-electron chi connectivity index (χ4n) is 6.69. The van der Waals surface area contributed by atoms with Crippen LogP contribution in [0.3, 0.4) is 0 Å². The summed E-state index contributed by atoms with van der Waals surface area (Å²) in [7, 11) is 0. The van der Waals surface area contributed by atoms with E-state index in [0.717, 1.165) is 35.5 Å². The van der Waals surface area contributed by atoms with Crippen molar-refractivity contribution in [3.8, 4) is 5.75 Å². The number of benzene rings is 1. The van der Waals surface area contributed by atoms with Crippen molar-refractivity contribution in [3.63, 3.8) is 0 Å². The van der Waals surface area contributed by atoms with Crippen LogP contribution in [0.1, 0.15) is 51.0 Å². The van der Waals surface area contributed by atoms with Gasteiger partial charge in [0.2, 0.25) is 5.91 Å². The Hall–Kier alpha value is -1.51. The van der Waals surface area contributed by atoms with Gasteiger partial charge in [0.25, 0.3) is 0 Å². The van der Waals surface area contributed by atoms with Gasteiger partial charge in [-0.1, -0.05) is 18.2 Å². The van der Waals surface area contributed by atoms with E-state index in [-0.39, 0.29) is 11.8 Å². The lowest BCUT2D eigenvalue weighted by molar-refractivity contribution is -0.131. The Morgan fingerprint density at radius 3 is 2.44 bits per heavy atom. The molecule has 3 heteroatoms. The molecule has 3 nitrogen and oxygen atoms in total. The highest BCUT2D eigenvalue weighted by atomic mass is 16.5. The lowest BCUT2D eigenvalue weighted by atomic mass is 9.48. The Morgan fingerprint density at radius 1 is 1.12 bits per heavy atom. The molecule has 25 heavy (non-hydrogen) atoms. The van der Waals surface area contributed by atoms with Crippen LogP contribution in [-0.2, 0) is 11.2 Å². The first-order valence-corrected chi connectivity index (χ1v) is 10.1. The Kier molecular flexibility index (Phi) is 3.62. The van der Waals surface area contributed by atoms with Gasteiger partial charge in [-0.25, -0.2) is 0 Å². The van der Waals surface area contributed by atoms with Gasteiger partial charge in [-0.15, -0.1) is 0 Å². The Morgan fingerprint density at radius 2 is 1.76 bits per heavy atom. The maximum absolute atomic E-state index is 12.9. The number of para-hydroxylation sites is 1.